The van der Waals surface area contributed by atoms with E-state index in [9.17, 15) is 0 Å². The molecule has 5 nitrogen and oxygen atoms in total. The molecule has 1 atom stereocenters. The lowest BCUT2D eigenvalue weighted by atomic mass is 10.0. The first kappa shape index (κ1) is 14.4. The average Bonchev–Trinajstić information content (AvgIpc) is 2.77. The maximum absolute atomic E-state index is 5.53. The molecule has 0 aromatic carbocycles. The first-order chi connectivity index (χ1) is 10.1. The molecule has 6 heteroatoms. The van der Waals surface area contributed by atoms with Crippen LogP contribution in [0, 0.1) is 10.7 Å². The highest BCUT2D eigenvalue weighted by Crippen LogP contribution is 2.18. The zero-order chi connectivity index (χ0) is 14.8. The summed E-state index contributed by atoms with van der Waals surface area (Å²) in [6, 6.07) is 3.93. The van der Waals surface area contributed by atoms with E-state index in [0.717, 1.165) is 41.8 Å². The second kappa shape index (κ2) is 6.07. The Kier molecular flexibility index (Phi) is 4.17. The lowest BCUT2D eigenvalue weighted by molar-refractivity contribution is 0.138. The van der Waals surface area contributed by atoms with Gasteiger partial charge in [0.1, 0.15) is 0 Å². The summed E-state index contributed by atoms with van der Waals surface area (Å²) in [6.07, 6.45) is 6.18. The first-order valence-electron chi connectivity index (χ1n) is 7.41. The van der Waals surface area contributed by atoms with Crippen molar-refractivity contribution in [2.75, 3.05) is 13.1 Å². The molecule has 21 heavy (non-hydrogen) atoms. The van der Waals surface area contributed by atoms with E-state index >= 15 is 0 Å². The van der Waals surface area contributed by atoms with Crippen LogP contribution in [0.1, 0.15) is 19.8 Å². The monoisotopic (exact) mass is 303 g/mol. The predicted octanol–water partition coefficient (Wildman–Crippen LogP) is 2.70. The Hall–Kier alpha value is -1.53. The van der Waals surface area contributed by atoms with Crippen LogP contribution in [-0.2, 0) is 13.7 Å². The molecule has 0 spiro atoms. The van der Waals surface area contributed by atoms with Crippen molar-refractivity contribution in [3.8, 4) is 11.4 Å². The van der Waals surface area contributed by atoms with Crippen LogP contribution < -0.4 is 0 Å². The molecule has 2 aromatic heterocycles. The number of aromatic nitrogens is 4. The van der Waals surface area contributed by atoms with Crippen molar-refractivity contribution in [1.29, 1.82) is 0 Å². The van der Waals surface area contributed by atoms with Gasteiger partial charge in [-0.2, -0.15) is 5.10 Å². The van der Waals surface area contributed by atoms with Gasteiger partial charge in [0.25, 0.3) is 0 Å². The smallest absolute Gasteiger partial charge is 0.199 e. The molecule has 1 unspecified atom stereocenters. The summed E-state index contributed by atoms with van der Waals surface area (Å²) in [6.45, 7) is 5.34. The van der Waals surface area contributed by atoms with Crippen LogP contribution >= 0.6 is 12.2 Å². The van der Waals surface area contributed by atoms with E-state index in [2.05, 4.69) is 16.8 Å². The summed E-state index contributed by atoms with van der Waals surface area (Å²) in [4.78, 5) is 6.59. The number of likely N-dealkylation sites (tertiary alicyclic amines) is 1. The number of hydrogen-bond donors (Lipinski definition) is 0. The van der Waals surface area contributed by atoms with Gasteiger partial charge in [0, 0.05) is 31.5 Å². The minimum atomic E-state index is 0.757. The maximum atomic E-state index is 5.53. The van der Waals surface area contributed by atoms with Crippen molar-refractivity contribution in [3.63, 3.8) is 0 Å². The summed E-state index contributed by atoms with van der Waals surface area (Å²) < 4.78 is 4.64. The molecule has 2 aromatic rings. The van der Waals surface area contributed by atoms with Crippen LogP contribution in [0.2, 0.25) is 0 Å². The van der Waals surface area contributed by atoms with Gasteiger partial charge in [-0.15, -0.1) is 0 Å². The van der Waals surface area contributed by atoms with E-state index in [0.29, 0.717) is 0 Å². The van der Waals surface area contributed by atoms with Gasteiger partial charge >= 0.3 is 0 Å². The van der Waals surface area contributed by atoms with Crippen LogP contribution in [0.4, 0.5) is 0 Å². The number of nitrogens with zero attached hydrogens (tertiary/aromatic N) is 5. The van der Waals surface area contributed by atoms with Crippen LogP contribution in [0.15, 0.2) is 24.5 Å². The van der Waals surface area contributed by atoms with Gasteiger partial charge in [0.05, 0.1) is 6.67 Å². The van der Waals surface area contributed by atoms with Gasteiger partial charge in [-0.05, 0) is 49.7 Å². The SMILES string of the molecule is CC1CCCN(Cn2nc(-c3cccnc3)n(C)c2=S)C1. The molecule has 1 aliphatic heterocycles. The van der Waals surface area contributed by atoms with Gasteiger partial charge in [0.2, 0.25) is 0 Å². The van der Waals surface area contributed by atoms with Crippen LogP contribution in [0.25, 0.3) is 11.4 Å². The van der Waals surface area contributed by atoms with Crippen LogP contribution in [0.3, 0.4) is 0 Å². The Morgan fingerprint density at radius 1 is 1.43 bits per heavy atom. The largest absolute Gasteiger partial charge is 0.303 e. The number of pyridine rings is 1. The standard InChI is InChI=1S/C15H21N5S/c1-12-5-4-8-19(10-12)11-20-15(21)18(2)14(17-20)13-6-3-7-16-9-13/h3,6-7,9,12H,4-5,8,10-11H2,1-2H3. The molecule has 0 bridgehead atoms. The fraction of sp³-hybridized carbons (Fsp3) is 0.533. The van der Waals surface area contributed by atoms with E-state index in [1.54, 1.807) is 6.20 Å². The summed E-state index contributed by atoms with van der Waals surface area (Å²) in [5.41, 5.74) is 0.997. The minimum absolute atomic E-state index is 0.757. The molecular formula is C15H21N5S. The third-order valence-corrected chi connectivity index (χ3v) is 4.52. The number of hydrogen-bond acceptors (Lipinski definition) is 4. The summed E-state index contributed by atoms with van der Waals surface area (Å²) in [5, 5.41) is 4.69. The molecule has 0 radical (unpaired) electrons. The Bertz CT molecular complexity index is 660. The molecule has 1 aliphatic rings. The van der Waals surface area contributed by atoms with Gasteiger partial charge in [-0.25, -0.2) is 4.68 Å². The Balaban J connectivity index is 1.85. The average molecular weight is 303 g/mol. The molecule has 0 amide bonds. The first-order valence-corrected chi connectivity index (χ1v) is 7.82. The van der Waals surface area contributed by atoms with E-state index in [4.69, 9.17) is 17.3 Å². The van der Waals surface area contributed by atoms with Gasteiger partial charge in [0.15, 0.2) is 10.6 Å². The lowest BCUT2D eigenvalue weighted by Crippen LogP contribution is -2.36. The van der Waals surface area contributed by atoms with Crippen molar-refractivity contribution in [1.82, 2.24) is 24.2 Å². The van der Waals surface area contributed by atoms with Crippen molar-refractivity contribution < 1.29 is 0 Å². The number of piperidine rings is 1. The molecule has 0 N–H and O–H groups in total. The summed E-state index contributed by atoms with van der Waals surface area (Å²) in [5.74, 6) is 1.63. The number of rotatable bonds is 3. The maximum Gasteiger partial charge on any atom is 0.199 e. The van der Waals surface area contributed by atoms with Gasteiger partial charge < -0.3 is 4.57 Å². The molecule has 3 rings (SSSR count). The van der Waals surface area contributed by atoms with Crippen molar-refractivity contribution >= 4 is 12.2 Å². The third-order valence-electron chi connectivity index (χ3n) is 4.04. The third kappa shape index (κ3) is 3.06. The van der Waals surface area contributed by atoms with Crippen LogP contribution in [0.5, 0.6) is 0 Å². The fourth-order valence-corrected chi connectivity index (χ4v) is 3.12. The highest BCUT2D eigenvalue weighted by molar-refractivity contribution is 7.71. The normalized spacial score (nSPS) is 19.8. The quantitative estimate of drug-likeness (QED) is 0.817. The molecule has 0 aliphatic carbocycles. The molecule has 1 saturated heterocycles. The molecular weight excluding hydrogens is 282 g/mol. The molecule has 1 fully saturated rings. The highest BCUT2D eigenvalue weighted by Gasteiger charge is 2.18. The zero-order valence-electron chi connectivity index (χ0n) is 12.6. The van der Waals surface area contributed by atoms with Crippen molar-refractivity contribution in [2.45, 2.75) is 26.4 Å². The van der Waals surface area contributed by atoms with Crippen molar-refractivity contribution in [3.05, 3.63) is 29.3 Å². The molecule has 3 heterocycles. The summed E-state index contributed by atoms with van der Waals surface area (Å²) in [7, 11) is 1.97. The summed E-state index contributed by atoms with van der Waals surface area (Å²) >= 11 is 5.53. The van der Waals surface area contributed by atoms with E-state index in [-0.39, 0.29) is 0 Å². The van der Waals surface area contributed by atoms with Crippen LogP contribution in [-0.4, -0.2) is 37.3 Å². The zero-order valence-corrected chi connectivity index (χ0v) is 13.4. The Morgan fingerprint density at radius 3 is 3.00 bits per heavy atom. The second-order valence-corrected chi connectivity index (χ2v) is 6.24. The molecule has 0 saturated carbocycles. The lowest BCUT2D eigenvalue weighted by Gasteiger charge is -2.30. The van der Waals surface area contributed by atoms with E-state index < -0.39 is 0 Å². The van der Waals surface area contributed by atoms with Crippen molar-refractivity contribution in [2.24, 2.45) is 13.0 Å². The minimum Gasteiger partial charge on any atom is -0.303 e. The van der Waals surface area contributed by atoms with Gasteiger partial charge in [-0.3, -0.25) is 9.88 Å². The molecule has 112 valence electrons. The highest BCUT2D eigenvalue weighted by atomic mass is 32.1. The predicted molar refractivity (Wildman–Crippen MR) is 85.2 cm³/mol. The Morgan fingerprint density at radius 2 is 2.29 bits per heavy atom. The second-order valence-electron chi connectivity index (χ2n) is 5.87. The fourth-order valence-electron chi connectivity index (χ4n) is 2.93. The topological polar surface area (TPSA) is 38.9 Å². The van der Waals surface area contributed by atoms with Gasteiger partial charge in [-0.1, -0.05) is 6.92 Å². The Labute approximate surface area is 130 Å². The van der Waals surface area contributed by atoms with E-state index in [1.807, 2.05) is 34.6 Å². The van der Waals surface area contributed by atoms with E-state index in [1.165, 1.54) is 12.8 Å².